The molecule has 2 nitrogen and oxygen atoms in total. The number of morpholine rings is 1. The summed E-state index contributed by atoms with van der Waals surface area (Å²) in [5, 5.41) is 0. The minimum atomic E-state index is 0.372. The Balaban J connectivity index is 2.18. The Bertz CT molecular complexity index is 97.6. The minimum Gasteiger partial charge on any atom is -0.376 e. The number of ether oxygens (including phenoxy) is 1. The molecule has 1 aliphatic rings. The van der Waals surface area contributed by atoms with Crippen LogP contribution in [0.2, 0.25) is 0 Å². The lowest BCUT2D eigenvalue weighted by Crippen LogP contribution is -2.40. The Labute approximate surface area is 67.1 Å². The van der Waals surface area contributed by atoms with Gasteiger partial charge in [0.1, 0.15) is 0 Å². The highest BCUT2D eigenvalue weighted by molar-refractivity contribution is 6.17. The van der Waals surface area contributed by atoms with Crippen LogP contribution in [0, 0.1) is 0 Å². The molecule has 0 aromatic heterocycles. The summed E-state index contributed by atoms with van der Waals surface area (Å²) in [6, 6.07) is 0. The molecular weight excluding hydrogens is 150 g/mol. The largest absolute Gasteiger partial charge is 0.376 e. The van der Waals surface area contributed by atoms with Gasteiger partial charge in [-0.05, 0) is 13.5 Å². The van der Waals surface area contributed by atoms with Gasteiger partial charge in [-0.3, -0.25) is 0 Å². The van der Waals surface area contributed by atoms with Crippen LogP contribution in [0.25, 0.3) is 0 Å². The molecule has 1 saturated heterocycles. The average Bonchev–Trinajstić information content (AvgIpc) is 1.88. The third-order valence-electron chi connectivity index (χ3n) is 1.77. The molecule has 0 amide bonds. The maximum absolute atomic E-state index is 5.58. The smallest absolute Gasteiger partial charge is 0.0713 e. The summed E-state index contributed by atoms with van der Waals surface area (Å²) in [6.45, 7) is 2.95. The Morgan fingerprint density at radius 1 is 1.70 bits per heavy atom. The zero-order valence-electron chi connectivity index (χ0n) is 6.35. The van der Waals surface area contributed by atoms with Crippen LogP contribution < -0.4 is 0 Å². The molecular formula is C7H14ClNO. The van der Waals surface area contributed by atoms with Gasteiger partial charge in [-0.1, -0.05) is 0 Å². The number of hydrogen-bond donors (Lipinski definition) is 0. The average molecular weight is 164 g/mol. The summed E-state index contributed by atoms with van der Waals surface area (Å²) in [4.78, 5) is 2.28. The van der Waals surface area contributed by atoms with E-state index in [-0.39, 0.29) is 0 Å². The summed E-state index contributed by atoms with van der Waals surface area (Å²) < 4.78 is 5.46. The molecule has 3 heteroatoms. The summed E-state index contributed by atoms with van der Waals surface area (Å²) in [5.74, 6) is 0.707. The van der Waals surface area contributed by atoms with Gasteiger partial charge in [0, 0.05) is 19.0 Å². The lowest BCUT2D eigenvalue weighted by atomic mass is 10.2. The molecule has 10 heavy (non-hydrogen) atoms. The van der Waals surface area contributed by atoms with E-state index < -0.39 is 0 Å². The highest BCUT2D eigenvalue weighted by atomic mass is 35.5. The summed E-state index contributed by atoms with van der Waals surface area (Å²) in [5.41, 5.74) is 0. The Morgan fingerprint density at radius 2 is 2.50 bits per heavy atom. The van der Waals surface area contributed by atoms with Gasteiger partial charge in [-0.25, -0.2) is 0 Å². The molecule has 1 heterocycles. The van der Waals surface area contributed by atoms with E-state index >= 15 is 0 Å². The Hall–Kier alpha value is 0.210. The maximum atomic E-state index is 5.58. The Morgan fingerprint density at radius 3 is 3.10 bits per heavy atom. The fourth-order valence-corrected chi connectivity index (χ4v) is 1.41. The van der Waals surface area contributed by atoms with E-state index in [0.29, 0.717) is 12.0 Å². The molecule has 1 atom stereocenters. The van der Waals surface area contributed by atoms with Crippen molar-refractivity contribution in [3.8, 4) is 0 Å². The molecule has 0 radical (unpaired) electrons. The summed E-state index contributed by atoms with van der Waals surface area (Å²) in [7, 11) is 2.11. The highest BCUT2D eigenvalue weighted by Gasteiger charge is 2.16. The van der Waals surface area contributed by atoms with Crippen molar-refractivity contribution >= 4 is 11.6 Å². The number of halogens is 1. The van der Waals surface area contributed by atoms with Gasteiger partial charge in [-0.15, -0.1) is 11.6 Å². The van der Waals surface area contributed by atoms with Crippen LogP contribution >= 0.6 is 11.6 Å². The maximum Gasteiger partial charge on any atom is 0.0713 e. The third kappa shape index (κ3) is 2.45. The van der Waals surface area contributed by atoms with Crippen LogP contribution in [0.4, 0.5) is 0 Å². The number of alkyl halides is 1. The first-order chi connectivity index (χ1) is 4.83. The molecule has 0 saturated carbocycles. The molecule has 1 fully saturated rings. The Kier molecular flexibility index (Phi) is 3.46. The van der Waals surface area contributed by atoms with Crippen molar-refractivity contribution < 1.29 is 4.74 Å². The van der Waals surface area contributed by atoms with Crippen LogP contribution in [0.3, 0.4) is 0 Å². The molecule has 1 aliphatic heterocycles. The topological polar surface area (TPSA) is 12.5 Å². The fourth-order valence-electron chi connectivity index (χ4n) is 1.16. The van der Waals surface area contributed by atoms with E-state index in [4.69, 9.17) is 16.3 Å². The first kappa shape index (κ1) is 8.31. The van der Waals surface area contributed by atoms with E-state index in [0.717, 1.165) is 26.1 Å². The third-order valence-corrected chi connectivity index (χ3v) is 1.99. The molecule has 0 spiro atoms. The van der Waals surface area contributed by atoms with E-state index in [2.05, 4.69) is 11.9 Å². The SMILES string of the molecule is CN1CCOC(CCCl)C1. The van der Waals surface area contributed by atoms with Crippen LogP contribution in [-0.4, -0.2) is 43.6 Å². The summed E-state index contributed by atoms with van der Waals surface area (Å²) in [6.07, 6.45) is 1.35. The lowest BCUT2D eigenvalue weighted by Gasteiger charge is -2.29. The molecule has 0 N–H and O–H groups in total. The lowest BCUT2D eigenvalue weighted by molar-refractivity contribution is -0.0202. The van der Waals surface area contributed by atoms with Crippen molar-refractivity contribution in [3.63, 3.8) is 0 Å². The second-order valence-corrected chi connectivity index (χ2v) is 3.11. The van der Waals surface area contributed by atoms with E-state index in [9.17, 15) is 0 Å². The van der Waals surface area contributed by atoms with Gasteiger partial charge in [0.05, 0.1) is 12.7 Å². The van der Waals surface area contributed by atoms with Crippen LogP contribution in [-0.2, 0) is 4.74 Å². The number of hydrogen-bond acceptors (Lipinski definition) is 2. The van der Waals surface area contributed by atoms with Crippen molar-refractivity contribution in [2.24, 2.45) is 0 Å². The predicted octanol–water partition coefficient (Wildman–Crippen LogP) is 0.946. The number of nitrogens with zero attached hydrogens (tertiary/aromatic N) is 1. The fraction of sp³-hybridized carbons (Fsp3) is 1.00. The molecule has 0 bridgehead atoms. The normalized spacial score (nSPS) is 28.8. The van der Waals surface area contributed by atoms with Crippen molar-refractivity contribution in [1.29, 1.82) is 0 Å². The van der Waals surface area contributed by atoms with Crippen molar-refractivity contribution in [3.05, 3.63) is 0 Å². The molecule has 0 aliphatic carbocycles. The number of rotatable bonds is 2. The van der Waals surface area contributed by atoms with Crippen molar-refractivity contribution in [2.75, 3.05) is 32.6 Å². The molecule has 0 aromatic rings. The van der Waals surface area contributed by atoms with Crippen LogP contribution in [0.5, 0.6) is 0 Å². The summed E-state index contributed by atoms with van der Waals surface area (Å²) >= 11 is 5.58. The predicted molar refractivity (Wildman–Crippen MR) is 42.6 cm³/mol. The van der Waals surface area contributed by atoms with Gasteiger partial charge in [0.2, 0.25) is 0 Å². The standard InChI is InChI=1S/C7H14ClNO/c1-9-4-5-10-7(6-9)2-3-8/h7H,2-6H2,1H3. The van der Waals surface area contributed by atoms with E-state index in [1.807, 2.05) is 0 Å². The van der Waals surface area contributed by atoms with Gasteiger partial charge < -0.3 is 9.64 Å². The van der Waals surface area contributed by atoms with Gasteiger partial charge in [0.15, 0.2) is 0 Å². The van der Waals surface area contributed by atoms with Crippen molar-refractivity contribution in [2.45, 2.75) is 12.5 Å². The van der Waals surface area contributed by atoms with Gasteiger partial charge in [-0.2, -0.15) is 0 Å². The van der Waals surface area contributed by atoms with Crippen molar-refractivity contribution in [1.82, 2.24) is 4.90 Å². The second kappa shape index (κ2) is 4.16. The molecule has 1 unspecified atom stereocenters. The first-order valence-electron chi connectivity index (χ1n) is 3.69. The molecule has 60 valence electrons. The minimum absolute atomic E-state index is 0.372. The number of likely N-dealkylation sites (N-methyl/N-ethyl adjacent to an activating group) is 1. The van der Waals surface area contributed by atoms with Gasteiger partial charge >= 0.3 is 0 Å². The van der Waals surface area contributed by atoms with Gasteiger partial charge in [0.25, 0.3) is 0 Å². The van der Waals surface area contributed by atoms with Crippen LogP contribution in [0.15, 0.2) is 0 Å². The molecule has 1 rings (SSSR count). The highest BCUT2D eigenvalue weighted by Crippen LogP contribution is 2.06. The van der Waals surface area contributed by atoms with E-state index in [1.54, 1.807) is 0 Å². The zero-order valence-corrected chi connectivity index (χ0v) is 7.10. The molecule has 0 aromatic carbocycles. The monoisotopic (exact) mass is 163 g/mol. The quantitative estimate of drug-likeness (QED) is 0.562. The van der Waals surface area contributed by atoms with E-state index in [1.165, 1.54) is 0 Å². The van der Waals surface area contributed by atoms with Crippen LogP contribution in [0.1, 0.15) is 6.42 Å². The second-order valence-electron chi connectivity index (χ2n) is 2.73. The first-order valence-corrected chi connectivity index (χ1v) is 4.22. The zero-order chi connectivity index (χ0) is 7.40.